The topological polar surface area (TPSA) is 43.6 Å². The van der Waals surface area contributed by atoms with Gasteiger partial charge in [0.25, 0.3) is 0 Å². The number of fused-ring (bicyclic) bond motifs is 14. The number of aromatic nitrogens is 4. The van der Waals surface area contributed by atoms with Crippen LogP contribution in [0, 0.1) is 0 Å². The van der Waals surface area contributed by atoms with Gasteiger partial charge in [-0.3, -0.25) is 0 Å². The summed E-state index contributed by atoms with van der Waals surface area (Å²) in [5.74, 6) is 1.87. The Labute approximate surface area is 376 Å². The summed E-state index contributed by atoms with van der Waals surface area (Å²) in [7, 11) is 0. The molecule has 64 heavy (non-hydrogen) atoms. The van der Waals surface area contributed by atoms with Gasteiger partial charge in [-0.2, -0.15) is 0 Å². The van der Waals surface area contributed by atoms with Crippen molar-refractivity contribution < 1.29 is 0 Å². The minimum absolute atomic E-state index is 0.0571. The molecule has 4 heterocycles. The smallest absolute Gasteiger partial charge is 0.164 e. The number of hydrogen-bond donors (Lipinski definition) is 0. The number of rotatable bonds is 5. The third kappa shape index (κ3) is 5.24. The maximum Gasteiger partial charge on any atom is 0.164 e. The van der Waals surface area contributed by atoms with Crippen molar-refractivity contribution in [3.63, 3.8) is 0 Å². The summed E-state index contributed by atoms with van der Waals surface area (Å²) >= 11 is 3.78. The second kappa shape index (κ2) is 13.9. The van der Waals surface area contributed by atoms with Crippen LogP contribution < -0.4 is 0 Å². The lowest BCUT2D eigenvalue weighted by Crippen LogP contribution is -2.07. The van der Waals surface area contributed by atoms with Gasteiger partial charge in [-0.05, 0) is 58.7 Å². The zero-order valence-electron chi connectivity index (χ0n) is 34.2. The van der Waals surface area contributed by atoms with Crippen LogP contribution in [0.3, 0.4) is 0 Å². The number of benzene rings is 9. The Hall–Kier alpha value is -7.77. The van der Waals surface area contributed by atoms with Gasteiger partial charge in [0.1, 0.15) is 0 Å². The van der Waals surface area contributed by atoms with Crippen molar-refractivity contribution in [1.82, 2.24) is 19.5 Å². The molecule has 1 aliphatic rings. The molecule has 0 aliphatic heterocycles. The van der Waals surface area contributed by atoms with E-state index >= 15 is 0 Å². The second-order valence-corrected chi connectivity index (χ2v) is 18.7. The number of thiophene rings is 2. The molecular formula is C58H34N4S2. The highest BCUT2D eigenvalue weighted by Gasteiger charge is 2.34. The number of hydrogen-bond acceptors (Lipinski definition) is 5. The van der Waals surface area contributed by atoms with Gasteiger partial charge in [-0.25, -0.2) is 15.0 Å². The maximum atomic E-state index is 5.41. The Morgan fingerprint density at radius 1 is 0.375 bits per heavy atom. The van der Waals surface area contributed by atoms with E-state index < -0.39 is 0 Å². The van der Waals surface area contributed by atoms with Crippen molar-refractivity contribution in [3.8, 4) is 51.0 Å². The zero-order valence-corrected chi connectivity index (χ0v) is 35.9. The van der Waals surface area contributed by atoms with Gasteiger partial charge in [0.2, 0.25) is 0 Å². The van der Waals surface area contributed by atoms with Gasteiger partial charge >= 0.3 is 0 Å². The first-order valence-corrected chi connectivity index (χ1v) is 23.3. The van der Waals surface area contributed by atoms with Crippen LogP contribution >= 0.6 is 22.7 Å². The molecule has 1 unspecified atom stereocenters. The van der Waals surface area contributed by atoms with Crippen molar-refractivity contribution in [1.29, 1.82) is 0 Å². The van der Waals surface area contributed by atoms with E-state index in [1.165, 1.54) is 78.9 Å². The van der Waals surface area contributed by atoms with Crippen LogP contribution in [0.15, 0.2) is 200 Å². The molecule has 9 aromatic carbocycles. The minimum atomic E-state index is -0.0571. The van der Waals surface area contributed by atoms with Crippen molar-refractivity contribution in [3.05, 3.63) is 217 Å². The van der Waals surface area contributed by atoms with Gasteiger partial charge in [-0.1, -0.05) is 164 Å². The first-order chi connectivity index (χ1) is 31.7. The highest BCUT2D eigenvalue weighted by Crippen LogP contribution is 2.55. The quantitative estimate of drug-likeness (QED) is 0.173. The van der Waals surface area contributed by atoms with Gasteiger partial charge in [0.05, 0.1) is 11.0 Å². The van der Waals surface area contributed by atoms with Gasteiger partial charge in [-0.15, -0.1) is 22.7 Å². The molecule has 0 saturated heterocycles. The van der Waals surface area contributed by atoms with E-state index in [-0.39, 0.29) is 5.92 Å². The lowest BCUT2D eigenvalue weighted by Gasteiger charge is -2.21. The molecule has 13 aromatic rings. The highest BCUT2D eigenvalue weighted by molar-refractivity contribution is 7.27. The predicted molar refractivity (Wildman–Crippen MR) is 269 cm³/mol. The van der Waals surface area contributed by atoms with Crippen molar-refractivity contribution in [2.24, 2.45) is 0 Å². The maximum absolute atomic E-state index is 5.41. The van der Waals surface area contributed by atoms with Crippen LogP contribution in [0.1, 0.15) is 22.6 Å². The summed E-state index contributed by atoms with van der Waals surface area (Å²) in [5, 5.41) is 7.74. The van der Waals surface area contributed by atoms with Gasteiger partial charge in [0, 0.05) is 85.0 Å². The van der Waals surface area contributed by atoms with E-state index in [0.29, 0.717) is 17.5 Å². The summed E-state index contributed by atoms with van der Waals surface area (Å²) < 4.78 is 7.70. The molecular weight excluding hydrogens is 817 g/mol. The highest BCUT2D eigenvalue weighted by atomic mass is 32.1. The molecule has 298 valence electrons. The van der Waals surface area contributed by atoms with E-state index in [4.69, 9.17) is 15.0 Å². The zero-order chi connectivity index (χ0) is 41.9. The average molecular weight is 851 g/mol. The second-order valence-electron chi connectivity index (χ2n) is 16.6. The van der Waals surface area contributed by atoms with Crippen LogP contribution in [-0.2, 0) is 0 Å². The van der Waals surface area contributed by atoms with Crippen LogP contribution in [0.25, 0.3) is 113 Å². The largest absolute Gasteiger partial charge is 0.309 e. The van der Waals surface area contributed by atoms with Crippen molar-refractivity contribution >= 4 is 84.8 Å². The molecule has 0 bridgehead atoms. The molecule has 4 aromatic heterocycles. The molecule has 0 amide bonds. The van der Waals surface area contributed by atoms with Gasteiger partial charge < -0.3 is 4.57 Å². The van der Waals surface area contributed by atoms with E-state index in [0.717, 1.165) is 33.5 Å². The molecule has 1 atom stereocenters. The van der Waals surface area contributed by atoms with Crippen molar-refractivity contribution in [2.75, 3.05) is 0 Å². The Kier molecular flexibility index (Phi) is 7.75. The summed E-state index contributed by atoms with van der Waals surface area (Å²) in [5.41, 5.74) is 12.6. The van der Waals surface area contributed by atoms with Crippen LogP contribution in [-0.4, -0.2) is 19.5 Å². The first kappa shape index (κ1) is 35.8. The van der Waals surface area contributed by atoms with Gasteiger partial charge in [0.15, 0.2) is 17.5 Å². The van der Waals surface area contributed by atoms with E-state index in [2.05, 4.69) is 168 Å². The fourth-order valence-corrected chi connectivity index (χ4v) is 12.9. The first-order valence-electron chi connectivity index (χ1n) is 21.6. The molecule has 0 spiro atoms. The third-order valence-corrected chi connectivity index (χ3v) is 15.6. The van der Waals surface area contributed by atoms with E-state index in [9.17, 15) is 0 Å². The predicted octanol–water partition coefficient (Wildman–Crippen LogP) is 15.9. The Balaban J connectivity index is 1.07. The molecule has 0 saturated carbocycles. The Morgan fingerprint density at radius 2 is 0.922 bits per heavy atom. The number of nitrogens with zero attached hydrogens (tertiary/aromatic N) is 4. The molecule has 14 rings (SSSR count). The summed E-state index contributed by atoms with van der Waals surface area (Å²) in [6.07, 6.45) is 0. The van der Waals surface area contributed by atoms with Crippen LogP contribution in [0.2, 0.25) is 0 Å². The van der Waals surface area contributed by atoms with E-state index in [1.807, 2.05) is 59.1 Å². The molecule has 0 N–H and O–H groups in total. The normalized spacial score (nSPS) is 13.5. The Morgan fingerprint density at radius 3 is 1.66 bits per heavy atom. The fraction of sp³-hybridized carbons (Fsp3) is 0.0172. The molecule has 0 radical (unpaired) electrons. The lowest BCUT2D eigenvalue weighted by atomic mass is 9.85. The SMILES string of the molecule is c1ccc(-c2nc(-c3ccccc3)nc(-c3cc(-n4c5ccccc5c5c6sc7ccccc7c6ccc54)ccc3C3c4ccccc4-c4c3ccc3c4sc4ccccc43)n2)cc1. The number of para-hydroxylation sites is 1. The monoisotopic (exact) mass is 850 g/mol. The van der Waals surface area contributed by atoms with Crippen molar-refractivity contribution in [2.45, 2.75) is 5.92 Å². The molecule has 6 heteroatoms. The van der Waals surface area contributed by atoms with E-state index in [1.54, 1.807) is 0 Å². The minimum Gasteiger partial charge on any atom is -0.309 e. The van der Waals surface area contributed by atoms with Crippen LogP contribution in [0.5, 0.6) is 0 Å². The third-order valence-electron chi connectivity index (χ3n) is 13.2. The average Bonchev–Trinajstić information content (AvgIpc) is 4.12. The fourth-order valence-electron chi connectivity index (χ4n) is 10.4. The summed E-state index contributed by atoms with van der Waals surface area (Å²) in [4.78, 5) is 15.9. The Bertz CT molecular complexity index is 3970. The standard InChI is InChI=1S/C58H34N4S2/c1-3-15-34(16-4-1)56-59-57(35-17-5-2-6-18-35)61-58(60-56)46-33-36(62-47-24-12-9-23-44(47)53-48(62)32-31-43-38-20-11-14-26-50(38)64-55(43)53)27-28-41(46)51-39-21-7-8-22-40(39)52-45(51)30-29-42-37-19-10-13-25-49(37)63-54(42)52/h1-33,51H. The summed E-state index contributed by atoms with van der Waals surface area (Å²) in [6.45, 7) is 0. The molecule has 0 fully saturated rings. The molecule has 4 nitrogen and oxygen atoms in total. The summed E-state index contributed by atoms with van der Waals surface area (Å²) in [6, 6.07) is 72.3. The lowest BCUT2D eigenvalue weighted by molar-refractivity contribution is 0.998. The van der Waals surface area contributed by atoms with Crippen LogP contribution in [0.4, 0.5) is 0 Å². The molecule has 1 aliphatic carbocycles.